The molecule has 0 radical (unpaired) electrons. The number of hydrogen-bond acceptors (Lipinski definition) is 6. The first-order valence-corrected chi connectivity index (χ1v) is 10.8. The van der Waals surface area contributed by atoms with Gasteiger partial charge < -0.3 is 10.2 Å². The number of sulfone groups is 1. The number of phenolic OH excluding ortho intramolecular Hbond substituents is 1. The summed E-state index contributed by atoms with van der Waals surface area (Å²) < 4.78 is 25.6. The fourth-order valence-electron chi connectivity index (χ4n) is 3.33. The third-order valence-corrected chi connectivity index (χ3v) is 6.87. The van der Waals surface area contributed by atoms with Crippen LogP contribution in [0.15, 0.2) is 83.8 Å². The Morgan fingerprint density at radius 2 is 1.53 bits per heavy atom. The number of para-hydroxylation sites is 2. The van der Waals surface area contributed by atoms with Crippen LogP contribution < -0.4 is 10.9 Å². The van der Waals surface area contributed by atoms with Crippen molar-refractivity contribution in [1.29, 1.82) is 0 Å². The predicted molar refractivity (Wildman–Crippen MR) is 114 cm³/mol. The smallest absolute Gasteiger partial charge is 0.337 e. The number of aryl methyl sites for hydroxylation is 1. The zero-order valence-electron chi connectivity index (χ0n) is 16.0. The van der Waals surface area contributed by atoms with Gasteiger partial charge in [-0.15, -0.1) is 0 Å². The Morgan fingerprint density at radius 1 is 0.933 bits per heavy atom. The summed E-state index contributed by atoms with van der Waals surface area (Å²) in [5, 5.41) is 18.1. The molecule has 0 aromatic heterocycles. The molecule has 3 aromatic rings. The number of carbonyl (C=O) groups is 1. The van der Waals surface area contributed by atoms with Crippen molar-refractivity contribution in [3.8, 4) is 5.75 Å². The number of fused-ring (bicyclic) bond motifs is 1. The van der Waals surface area contributed by atoms with Gasteiger partial charge in [0.2, 0.25) is 9.84 Å². The van der Waals surface area contributed by atoms with Crippen LogP contribution in [0.3, 0.4) is 0 Å². The standard InChI is InChI=1S/C16H16N2O4S.C6H6O/c17-18-14(23(21,22)12-6-2-1-3-7-12)10-9-11-5-4-8-13(15(11)18)16(19)20;7-6-4-2-1-3-5-6/h1-8,14H,9-10,17H2,(H,19,20);1-5,7H. The van der Waals surface area contributed by atoms with E-state index in [0.717, 1.165) is 10.6 Å². The largest absolute Gasteiger partial charge is 0.508 e. The van der Waals surface area contributed by atoms with Crippen molar-refractivity contribution >= 4 is 21.5 Å². The van der Waals surface area contributed by atoms with E-state index in [9.17, 15) is 18.3 Å². The second-order valence-corrected chi connectivity index (χ2v) is 8.82. The van der Waals surface area contributed by atoms with E-state index >= 15 is 0 Å². The molecule has 1 aliphatic rings. The highest BCUT2D eigenvalue weighted by molar-refractivity contribution is 7.92. The van der Waals surface area contributed by atoms with Gasteiger partial charge in [0, 0.05) is 0 Å². The van der Waals surface area contributed by atoms with E-state index in [1.807, 2.05) is 6.07 Å². The van der Waals surface area contributed by atoms with E-state index in [1.54, 1.807) is 54.6 Å². The molecule has 0 saturated heterocycles. The number of phenols is 1. The fourth-order valence-corrected chi connectivity index (χ4v) is 5.02. The third-order valence-electron chi connectivity index (χ3n) is 4.77. The van der Waals surface area contributed by atoms with E-state index in [1.165, 1.54) is 18.2 Å². The molecule has 7 nitrogen and oxygen atoms in total. The minimum atomic E-state index is -3.69. The molecule has 0 amide bonds. The monoisotopic (exact) mass is 426 g/mol. The number of rotatable bonds is 3. The normalized spacial score (nSPS) is 15.5. The van der Waals surface area contributed by atoms with Gasteiger partial charge in [-0.1, -0.05) is 48.5 Å². The SMILES string of the molecule is NN1c2c(cccc2C(=O)O)CCC1S(=O)(=O)c1ccccc1.Oc1ccccc1. The number of hydrogen-bond donors (Lipinski definition) is 3. The van der Waals surface area contributed by atoms with E-state index in [0.29, 0.717) is 18.6 Å². The van der Waals surface area contributed by atoms with Crippen molar-refractivity contribution in [2.45, 2.75) is 23.1 Å². The molecule has 0 spiro atoms. The van der Waals surface area contributed by atoms with E-state index < -0.39 is 21.2 Å². The Hall–Kier alpha value is -3.36. The van der Waals surface area contributed by atoms with Gasteiger partial charge in [0.15, 0.2) is 5.37 Å². The van der Waals surface area contributed by atoms with Crippen LogP contribution in [0.4, 0.5) is 5.69 Å². The molecule has 8 heteroatoms. The minimum Gasteiger partial charge on any atom is -0.508 e. The van der Waals surface area contributed by atoms with Crippen LogP contribution in [-0.4, -0.2) is 30.0 Å². The number of carboxylic acid groups (broad SMARTS) is 1. The molecule has 4 rings (SSSR count). The Bertz CT molecular complexity index is 1120. The number of aromatic carboxylic acids is 1. The lowest BCUT2D eigenvalue weighted by molar-refractivity contribution is 0.0697. The first-order valence-electron chi connectivity index (χ1n) is 9.24. The van der Waals surface area contributed by atoms with Crippen molar-refractivity contribution in [2.24, 2.45) is 5.84 Å². The van der Waals surface area contributed by atoms with Crippen LogP contribution in [-0.2, 0) is 16.3 Å². The molecule has 0 bridgehead atoms. The van der Waals surface area contributed by atoms with Crippen LogP contribution in [0.5, 0.6) is 5.75 Å². The van der Waals surface area contributed by atoms with Crippen molar-refractivity contribution < 1.29 is 23.4 Å². The first-order chi connectivity index (χ1) is 14.3. The molecule has 1 heterocycles. The second-order valence-electron chi connectivity index (χ2n) is 6.71. The molecule has 3 aromatic carbocycles. The summed E-state index contributed by atoms with van der Waals surface area (Å²) in [6, 6.07) is 21.6. The zero-order chi connectivity index (χ0) is 21.7. The topological polar surface area (TPSA) is 121 Å². The Morgan fingerprint density at radius 3 is 2.07 bits per heavy atom. The van der Waals surface area contributed by atoms with E-state index in [2.05, 4.69) is 0 Å². The van der Waals surface area contributed by atoms with E-state index in [4.69, 9.17) is 10.9 Å². The molecule has 1 atom stereocenters. The number of carboxylic acids is 1. The van der Waals surface area contributed by atoms with Gasteiger partial charge in [-0.25, -0.2) is 19.1 Å². The van der Waals surface area contributed by atoms with Gasteiger partial charge in [0.25, 0.3) is 0 Å². The maximum atomic E-state index is 12.8. The van der Waals surface area contributed by atoms with Gasteiger partial charge in [-0.05, 0) is 48.7 Å². The summed E-state index contributed by atoms with van der Waals surface area (Å²) in [5.74, 6) is 5.24. The van der Waals surface area contributed by atoms with E-state index in [-0.39, 0.29) is 16.1 Å². The Kier molecular flexibility index (Phi) is 6.39. The van der Waals surface area contributed by atoms with Gasteiger partial charge in [0.1, 0.15) is 5.75 Å². The van der Waals surface area contributed by atoms with Crippen molar-refractivity contribution in [3.05, 3.63) is 90.0 Å². The number of hydrazine groups is 1. The highest BCUT2D eigenvalue weighted by atomic mass is 32.2. The average Bonchev–Trinajstić information content (AvgIpc) is 2.75. The van der Waals surface area contributed by atoms with Crippen LogP contribution >= 0.6 is 0 Å². The number of benzene rings is 3. The first kappa shape index (κ1) is 21.4. The molecule has 0 aliphatic carbocycles. The second kappa shape index (κ2) is 8.98. The lowest BCUT2D eigenvalue weighted by Gasteiger charge is -2.35. The summed E-state index contributed by atoms with van der Waals surface area (Å²) in [4.78, 5) is 11.6. The highest BCUT2D eigenvalue weighted by Crippen LogP contribution is 2.35. The molecule has 30 heavy (non-hydrogen) atoms. The van der Waals surface area contributed by atoms with Crippen LogP contribution in [0.1, 0.15) is 22.3 Å². The number of nitrogens with zero attached hydrogens (tertiary/aromatic N) is 1. The molecule has 0 saturated carbocycles. The molecule has 4 N–H and O–H groups in total. The summed E-state index contributed by atoms with van der Waals surface area (Å²) in [5.41, 5.74) is 1.03. The summed E-state index contributed by atoms with van der Waals surface area (Å²) in [6.07, 6.45) is 0.769. The van der Waals surface area contributed by atoms with Crippen LogP contribution in [0.25, 0.3) is 0 Å². The highest BCUT2D eigenvalue weighted by Gasteiger charge is 2.37. The molecular formula is C22H22N2O5S. The lowest BCUT2D eigenvalue weighted by Crippen LogP contribution is -2.49. The maximum Gasteiger partial charge on any atom is 0.337 e. The number of nitrogens with two attached hydrogens (primary N) is 1. The molecule has 1 unspecified atom stereocenters. The van der Waals surface area contributed by atoms with Crippen LogP contribution in [0.2, 0.25) is 0 Å². The Labute approximate surface area is 174 Å². The van der Waals surface area contributed by atoms with Gasteiger partial charge in [-0.3, -0.25) is 5.01 Å². The fraction of sp³-hybridized carbons (Fsp3) is 0.136. The van der Waals surface area contributed by atoms with Crippen molar-refractivity contribution in [1.82, 2.24) is 0 Å². The minimum absolute atomic E-state index is 0.0120. The molecule has 1 aliphatic heterocycles. The molecule has 156 valence electrons. The number of anilines is 1. The van der Waals surface area contributed by atoms with Gasteiger partial charge in [0.05, 0.1) is 16.1 Å². The summed E-state index contributed by atoms with van der Waals surface area (Å²) in [6.45, 7) is 0. The van der Waals surface area contributed by atoms with Gasteiger partial charge >= 0.3 is 5.97 Å². The van der Waals surface area contributed by atoms with Crippen molar-refractivity contribution in [3.63, 3.8) is 0 Å². The summed E-state index contributed by atoms with van der Waals surface area (Å²) in [7, 11) is -3.69. The quantitative estimate of drug-likeness (QED) is 0.550. The predicted octanol–water partition coefficient (Wildman–Crippen LogP) is 3.20. The van der Waals surface area contributed by atoms with Crippen molar-refractivity contribution in [2.75, 3.05) is 5.01 Å². The zero-order valence-corrected chi connectivity index (χ0v) is 16.9. The third kappa shape index (κ3) is 4.45. The Balaban J connectivity index is 0.000000310. The molecular weight excluding hydrogens is 404 g/mol. The van der Waals surface area contributed by atoms with Gasteiger partial charge in [-0.2, -0.15) is 0 Å². The average molecular weight is 426 g/mol. The lowest BCUT2D eigenvalue weighted by atomic mass is 9.99. The maximum absolute atomic E-state index is 12.8. The van der Waals surface area contributed by atoms with Crippen LogP contribution in [0, 0.1) is 0 Å². The summed E-state index contributed by atoms with van der Waals surface area (Å²) >= 11 is 0. The molecule has 0 fully saturated rings. The number of aromatic hydroxyl groups is 1.